The third-order valence-electron chi connectivity index (χ3n) is 5.17. The minimum absolute atomic E-state index is 0.0140. The van der Waals surface area contributed by atoms with E-state index in [1.165, 1.54) is 40.8 Å². The van der Waals surface area contributed by atoms with Gasteiger partial charge in [0.05, 0.1) is 5.92 Å². The van der Waals surface area contributed by atoms with E-state index in [1.54, 1.807) is 29.8 Å². The monoisotopic (exact) mass is 476 g/mol. The van der Waals surface area contributed by atoms with E-state index in [0.29, 0.717) is 23.5 Å². The van der Waals surface area contributed by atoms with Crippen LogP contribution in [0.5, 0.6) is 0 Å². The summed E-state index contributed by atoms with van der Waals surface area (Å²) in [5.41, 5.74) is 0.495. The van der Waals surface area contributed by atoms with E-state index in [2.05, 4.69) is 15.5 Å². The lowest BCUT2D eigenvalue weighted by Gasteiger charge is -2.30. The maximum Gasteiger partial charge on any atom is 0.248 e. The fraction of sp³-hybridized carbons (Fsp3) is 0.286. The Kier molecular flexibility index (Phi) is 6.49. The highest BCUT2D eigenvalue weighted by Crippen LogP contribution is 2.30. The molecule has 1 amide bonds. The molecule has 0 bridgehead atoms. The predicted molar refractivity (Wildman–Crippen MR) is 119 cm³/mol. The molecular formula is C21H21FN4O4S2. The molecule has 1 aliphatic rings. The first-order valence-corrected chi connectivity index (χ1v) is 12.3. The highest BCUT2D eigenvalue weighted by molar-refractivity contribution is 7.89. The first-order valence-electron chi connectivity index (χ1n) is 9.95. The molecule has 1 fully saturated rings. The van der Waals surface area contributed by atoms with Gasteiger partial charge in [0.15, 0.2) is 15.8 Å². The maximum absolute atomic E-state index is 13.9. The van der Waals surface area contributed by atoms with Crippen molar-refractivity contribution in [2.75, 3.05) is 18.4 Å². The molecule has 0 aliphatic carbocycles. The molecule has 1 saturated heterocycles. The van der Waals surface area contributed by atoms with Crippen LogP contribution in [0.3, 0.4) is 0 Å². The average Bonchev–Trinajstić information content (AvgIpc) is 3.43. The summed E-state index contributed by atoms with van der Waals surface area (Å²) in [5.74, 6) is -1.18. The van der Waals surface area contributed by atoms with Gasteiger partial charge in [-0.3, -0.25) is 4.79 Å². The molecule has 0 unspecified atom stereocenters. The molecule has 168 valence electrons. The number of benzene rings is 1. The number of rotatable bonds is 6. The number of carbonyl (C=O) groups is 1. The minimum atomic E-state index is -3.98. The number of piperidine rings is 1. The highest BCUT2D eigenvalue weighted by atomic mass is 32.2. The zero-order valence-electron chi connectivity index (χ0n) is 17.2. The van der Waals surface area contributed by atoms with E-state index >= 15 is 0 Å². The first kappa shape index (κ1) is 22.3. The largest absolute Gasteiger partial charge is 0.355 e. The smallest absolute Gasteiger partial charge is 0.248 e. The average molecular weight is 477 g/mol. The van der Waals surface area contributed by atoms with E-state index < -0.39 is 21.8 Å². The number of sulfonamides is 1. The van der Waals surface area contributed by atoms with Crippen LogP contribution in [-0.2, 0) is 14.8 Å². The van der Waals surface area contributed by atoms with Crippen LogP contribution in [0.15, 0.2) is 45.3 Å². The van der Waals surface area contributed by atoms with Crippen molar-refractivity contribution in [3.05, 3.63) is 58.7 Å². The van der Waals surface area contributed by atoms with Gasteiger partial charge in [-0.25, -0.2) is 17.8 Å². The highest BCUT2D eigenvalue weighted by Gasteiger charge is 2.37. The second kappa shape index (κ2) is 9.31. The van der Waals surface area contributed by atoms with Crippen LogP contribution in [0.2, 0.25) is 0 Å². The SMILES string of the molecule is Cc1noc(/C=C/c2ccccc2F)c1S(=O)(=O)N1CCC[C@H](C(=O)Nc2nccs2)C1. The number of carbonyl (C=O) groups excluding carboxylic acids is 1. The van der Waals surface area contributed by atoms with Gasteiger partial charge >= 0.3 is 0 Å². The number of aromatic nitrogens is 2. The number of hydrogen-bond donors (Lipinski definition) is 1. The number of halogens is 1. The van der Waals surface area contributed by atoms with Gasteiger partial charge in [-0.2, -0.15) is 4.31 Å². The van der Waals surface area contributed by atoms with Gasteiger partial charge < -0.3 is 9.84 Å². The fourth-order valence-electron chi connectivity index (χ4n) is 3.57. The van der Waals surface area contributed by atoms with Crippen LogP contribution >= 0.6 is 11.3 Å². The van der Waals surface area contributed by atoms with E-state index in [-0.39, 0.29) is 35.3 Å². The van der Waals surface area contributed by atoms with Gasteiger partial charge in [-0.1, -0.05) is 23.4 Å². The lowest BCUT2D eigenvalue weighted by molar-refractivity contribution is -0.120. The summed E-state index contributed by atoms with van der Waals surface area (Å²) >= 11 is 1.30. The van der Waals surface area contributed by atoms with Crippen molar-refractivity contribution >= 4 is 44.6 Å². The summed E-state index contributed by atoms with van der Waals surface area (Å²) in [6, 6.07) is 6.13. The topological polar surface area (TPSA) is 105 Å². The summed E-state index contributed by atoms with van der Waals surface area (Å²) < 4.78 is 47.3. The van der Waals surface area contributed by atoms with Crippen LogP contribution < -0.4 is 5.32 Å². The van der Waals surface area contributed by atoms with Crippen molar-refractivity contribution in [2.24, 2.45) is 5.92 Å². The maximum atomic E-state index is 13.9. The van der Waals surface area contributed by atoms with Gasteiger partial charge in [-0.15, -0.1) is 11.3 Å². The summed E-state index contributed by atoms with van der Waals surface area (Å²) in [5, 5.41) is 8.76. The molecule has 0 spiro atoms. The van der Waals surface area contributed by atoms with Crippen molar-refractivity contribution < 1.29 is 22.1 Å². The molecule has 3 aromatic rings. The molecule has 1 aliphatic heterocycles. The zero-order chi connectivity index (χ0) is 22.7. The second-order valence-corrected chi connectivity index (χ2v) is 10.1. The number of hydrogen-bond acceptors (Lipinski definition) is 7. The van der Waals surface area contributed by atoms with Crippen molar-refractivity contribution in [1.29, 1.82) is 0 Å². The van der Waals surface area contributed by atoms with Crippen LogP contribution in [0.4, 0.5) is 9.52 Å². The normalized spacial score (nSPS) is 17.6. The molecule has 0 saturated carbocycles. The van der Waals surface area contributed by atoms with Crippen LogP contribution in [0.25, 0.3) is 12.2 Å². The van der Waals surface area contributed by atoms with Gasteiger partial charge in [0, 0.05) is 30.2 Å². The number of amides is 1. The lowest BCUT2D eigenvalue weighted by Crippen LogP contribution is -2.43. The fourth-order valence-corrected chi connectivity index (χ4v) is 5.88. The molecule has 32 heavy (non-hydrogen) atoms. The Morgan fingerprint density at radius 1 is 1.34 bits per heavy atom. The molecule has 1 atom stereocenters. The Labute approximate surface area is 188 Å². The van der Waals surface area contributed by atoms with Crippen LogP contribution in [0, 0.1) is 18.7 Å². The summed E-state index contributed by atoms with van der Waals surface area (Å²) in [4.78, 5) is 16.6. The molecule has 11 heteroatoms. The Hall–Kier alpha value is -2.89. The third kappa shape index (κ3) is 4.64. The number of nitrogens with zero attached hydrogens (tertiary/aromatic N) is 3. The molecule has 0 radical (unpaired) electrons. The number of aryl methyl sites for hydroxylation is 1. The minimum Gasteiger partial charge on any atom is -0.355 e. The predicted octanol–water partition coefficient (Wildman–Crippen LogP) is 3.79. The molecule has 2 aromatic heterocycles. The summed E-state index contributed by atoms with van der Waals surface area (Å²) in [6.07, 6.45) is 5.53. The van der Waals surface area contributed by atoms with Crippen molar-refractivity contribution in [2.45, 2.75) is 24.7 Å². The van der Waals surface area contributed by atoms with E-state index in [1.807, 2.05) is 0 Å². The Morgan fingerprint density at radius 2 is 2.16 bits per heavy atom. The molecule has 4 rings (SSSR count). The summed E-state index contributed by atoms with van der Waals surface area (Å²) in [6.45, 7) is 1.86. The van der Waals surface area contributed by atoms with E-state index in [4.69, 9.17) is 4.52 Å². The van der Waals surface area contributed by atoms with E-state index in [9.17, 15) is 17.6 Å². The van der Waals surface area contributed by atoms with Crippen LogP contribution in [0.1, 0.15) is 29.9 Å². The summed E-state index contributed by atoms with van der Waals surface area (Å²) in [7, 11) is -3.98. The van der Waals surface area contributed by atoms with Crippen molar-refractivity contribution in [1.82, 2.24) is 14.4 Å². The van der Waals surface area contributed by atoms with Crippen molar-refractivity contribution in [3.8, 4) is 0 Å². The Morgan fingerprint density at radius 3 is 2.91 bits per heavy atom. The van der Waals surface area contributed by atoms with Crippen LogP contribution in [-0.4, -0.2) is 41.9 Å². The van der Waals surface area contributed by atoms with Crippen molar-refractivity contribution in [3.63, 3.8) is 0 Å². The molecule has 3 heterocycles. The molecule has 1 N–H and O–H groups in total. The standard InChI is InChI=1S/C21H21FN4O4S2/c1-14-19(18(30-25-14)9-8-15-5-2-3-7-17(15)22)32(28,29)26-11-4-6-16(13-26)20(27)24-21-23-10-12-31-21/h2-3,5,7-10,12,16H,4,6,11,13H2,1H3,(H,23,24,27)/b9-8+/t16-/m0/s1. The van der Waals surface area contributed by atoms with Gasteiger partial charge in [0.1, 0.15) is 11.5 Å². The van der Waals surface area contributed by atoms with Gasteiger partial charge in [0.2, 0.25) is 15.9 Å². The van der Waals surface area contributed by atoms with Gasteiger partial charge in [0.25, 0.3) is 0 Å². The number of thiazole rings is 1. The Bertz CT molecular complexity index is 1240. The molecular weight excluding hydrogens is 455 g/mol. The quantitative estimate of drug-likeness (QED) is 0.580. The van der Waals surface area contributed by atoms with E-state index in [0.717, 1.165) is 0 Å². The number of nitrogens with one attached hydrogen (secondary N) is 1. The lowest BCUT2D eigenvalue weighted by atomic mass is 9.99. The zero-order valence-corrected chi connectivity index (χ0v) is 18.8. The van der Waals surface area contributed by atoms with Gasteiger partial charge in [-0.05, 0) is 38.0 Å². The second-order valence-electron chi connectivity index (χ2n) is 7.34. The Balaban J connectivity index is 1.56. The molecule has 8 nitrogen and oxygen atoms in total. The number of anilines is 1. The first-order chi connectivity index (χ1) is 15.4. The third-order valence-corrected chi connectivity index (χ3v) is 7.88. The molecule has 1 aromatic carbocycles.